The van der Waals surface area contributed by atoms with Gasteiger partial charge in [-0.3, -0.25) is 0 Å². The molecule has 2 N–H and O–H groups in total. The van der Waals surface area contributed by atoms with Gasteiger partial charge in [0.15, 0.2) is 0 Å². The number of benzene rings is 3. The third-order valence-corrected chi connectivity index (χ3v) is 5.99. The fourth-order valence-electron chi connectivity index (χ4n) is 4.31. The molecule has 3 aromatic carbocycles. The first-order valence-electron chi connectivity index (χ1n) is 12.5. The highest BCUT2D eigenvalue weighted by Crippen LogP contribution is 2.44. The number of carbonyl (C=O) groups excluding carboxylic acids is 3. The van der Waals surface area contributed by atoms with Crippen LogP contribution >= 0.6 is 0 Å². The summed E-state index contributed by atoms with van der Waals surface area (Å²) < 4.78 is 16.2. The summed E-state index contributed by atoms with van der Waals surface area (Å²) in [7, 11) is 0. The Balaban J connectivity index is 1.34. The lowest BCUT2D eigenvalue weighted by molar-refractivity contribution is -0.157. The van der Waals surface area contributed by atoms with Gasteiger partial charge in [0.2, 0.25) is 0 Å². The number of esters is 1. The lowest BCUT2D eigenvalue weighted by Crippen LogP contribution is -2.50. The van der Waals surface area contributed by atoms with E-state index >= 15 is 0 Å². The smallest absolute Gasteiger partial charge is 0.408 e. The minimum Gasteiger partial charge on any atom is -0.458 e. The van der Waals surface area contributed by atoms with Gasteiger partial charge in [-0.15, -0.1) is 0 Å². The van der Waals surface area contributed by atoms with E-state index in [9.17, 15) is 14.4 Å². The standard InChI is InChI=1S/C30H32N2O6/c1-30(2,3)38-27(33)26(32-29(35)36-18-20-11-5-4-6-12-20)17-31-28(34)37-19-25-23-15-9-7-13-21(23)22-14-8-10-16-24(22)25/h4-16,25-26H,17-19H2,1-3H3,(H,31,34)(H,32,35)/t26-/m1/s1. The molecule has 0 radical (unpaired) electrons. The van der Waals surface area contributed by atoms with Crippen LogP contribution in [0.25, 0.3) is 11.1 Å². The number of hydrogen-bond donors (Lipinski definition) is 2. The van der Waals surface area contributed by atoms with Crippen molar-refractivity contribution in [1.82, 2.24) is 10.6 Å². The molecule has 1 aliphatic rings. The lowest BCUT2D eigenvalue weighted by Gasteiger charge is -2.24. The molecule has 8 nitrogen and oxygen atoms in total. The quantitative estimate of drug-likeness (QED) is 0.317. The molecule has 1 aliphatic carbocycles. The zero-order chi connectivity index (χ0) is 27.1. The Bertz CT molecular complexity index is 1240. The number of nitrogens with one attached hydrogen (secondary N) is 2. The number of hydrogen-bond acceptors (Lipinski definition) is 6. The highest BCUT2D eigenvalue weighted by atomic mass is 16.6. The van der Waals surface area contributed by atoms with Crippen molar-refractivity contribution >= 4 is 18.2 Å². The van der Waals surface area contributed by atoms with E-state index in [1.807, 2.05) is 66.7 Å². The number of rotatable bonds is 8. The lowest BCUT2D eigenvalue weighted by atomic mass is 9.98. The molecule has 0 aliphatic heterocycles. The van der Waals surface area contributed by atoms with E-state index in [-0.39, 0.29) is 25.7 Å². The summed E-state index contributed by atoms with van der Waals surface area (Å²) in [5.41, 5.74) is 4.45. The third kappa shape index (κ3) is 6.91. The first-order chi connectivity index (χ1) is 18.2. The monoisotopic (exact) mass is 516 g/mol. The van der Waals surface area contributed by atoms with Gasteiger partial charge in [-0.1, -0.05) is 78.9 Å². The van der Waals surface area contributed by atoms with Crippen molar-refractivity contribution < 1.29 is 28.6 Å². The van der Waals surface area contributed by atoms with E-state index in [1.54, 1.807) is 20.8 Å². The number of amides is 2. The summed E-state index contributed by atoms with van der Waals surface area (Å²) in [6.07, 6.45) is -1.51. The summed E-state index contributed by atoms with van der Waals surface area (Å²) in [5, 5.41) is 5.05. The van der Waals surface area contributed by atoms with Crippen molar-refractivity contribution in [3.63, 3.8) is 0 Å². The van der Waals surface area contributed by atoms with Crippen LogP contribution in [0.4, 0.5) is 9.59 Å². The van der Waals surface area contributed by atoms with Gasteiger partial charge in [0.25, 0.3) is 0 Å². The molecule has 1 atom stereocenters. The Morgan fingerprint density at radius 1 is 0.789 bits per heavy atom. The Morgan fingerprint density at radius 2 is 1.37 bits per heavy atom. The Hall–Kier alpha value is -4.33. The van der Waals surface area contributed by atoms with Crippen LogP contribution in [0.15, 0.2) is 78.9 Å². The van der Waals surface area contributed by atoms with E-state index in [1.165, 1.54) is 0 Å². The van der Waals surface area contributed by atoms with Gasteiger partial charge < -0.3 is 24.8 Å². The largest absolute Gasteiger partial charge is 0.458 e. The van der Waals surface area contributed by atoms with Crippen molar-refractivity contribution in [1.29, 1.82) is 0 Å². The molecule has 0 fully saturated rings. The second-order valence-electron chi connectivity index (χ2n) is 10.00. The molecule has 2 amide bonds. The average molecular weight is 517 g/mol. The van der Waals surface area contributed by atoms with Crippen LogP contribution in [0.3, 0.4) is 0 Å². The molecule has 0 heterocycles. The van der Waals surface area contributed by atoms with Gasteiger partial charge in [-0.25, -0.2) is 14.4 Å². The molecule has 0 saturated heterocycles. The molecular formula is C30H32N2O6. The van der Waals surface area contributed by atoms with E-state index in [4.69, 9.17) is 14.2 Å². The van der Waals surface area contributed by atoms with Crippen LogP contribution in [-0.2, 0) is 25.6 Å². The first kappa shape index (κ1) is 26.7. The van der Waals surface area contributed by atoms with Gasteiger partial charge in [-0.05, 0) is 48.6 Å². The minimum absolute atomic E-state index is 0.0352. The zero-order valence-corrected chi connectivity index (χ0v) is 21.7. The molecule has 198 valence electrons. The number of alkyl carbamates (subject to hydrolysis) is 2. The maximum atomic E-state index is 12.7. The minimum atomic E-state index is -1.17. The van der Waals surface area contributed by atoms with Crippen molar-refractivity contribution in [2.45, 2.75) is 44.9 Å². The SMILES string of the molecule is CC(C)(C)OC(=O)[C@@H](CNC(=O)OCC1c2ccccc2-c2ccccc21)NC(=O)OCc1ccccc1. The number of fused-ring (bicyclic) bond motifs is 3. The van der Waals surface area contributed by atoms with Crippen LogP contribution in [0.5, 0.6) is 0 Å². The van der Waals surface area contributed by atoms with Gasteiger partial charge in [0, 0.05) is 5.92 Å². The summed E-state index contributed by atoms with van der Waals surface area (Å²) >= 11 is 0. The van der Waals surface area contributed by atoms with Gasteiger partial charge in [0.05, 0.1) is 6.54 Å². The third-order valence-electron chi connectivity index (χ3n) is 5.99. The first-order valence-corrected chi connectivity index (χ1v) is 12.5. The molecule has 0 unspecified atom stereocenters. The highest BCUT2D eigenvalue weighted by molar-refractivity contribution is 5.83. The van der Waals surface area contributed by atoms with E-state index < -0.39 is 29.8 Å². The second-order valence-corrected chi connectivity index (χ2v) is 10.00. The van der Waals surface area contributed by atoms with Crippen LogP contribution in [0, 0.1) is 0 Å². The summed E-state index contributed by atoms with van der Waals surface area (Å²) in [5.74, 6) is -0.797. The summed E-state index contributed by atoms with van der Waals surface area (Å²) in [6, 6.07) is 24.1. The molecule has 0 bridgehead atoms. The highest BCUT2D eigenvalue weighted by Gasteiger charge is 2.30. The number of carbonyl (C=O) groups is 3. The Kier molecular flexibility index (Phi) is 8.31. The van der Waals surface area contributed by atoms with E-state index in [0.717, 1.165) is 27.8 Å². The molecule has 3 aromatic rings. The fourth-order valence-corrected chi connectivity index (χ4v) is 4.31. The topological polar surface area (TPSA) is 103 Å². The Labute approximate surface area is 222 Å². The molecule has 38 heavy (non-hydrogen) atoms. The maximum absolute atomic E-state index is 12.7. The van der Waals surface area contributed by atoms with Crippen molar-refractivity contribution in [2.75, 3.05) is 13.2 Å². The van der Waals surface area contributed by atoms with Crippen LogP contribution < -0.4 is 10.6 Å². The fraction of sp³-hybridized carbons (Fsp3) is 0.300. The van der Waals surface area contributed by atoms with Gasteiger partial charge >= 0.3 is 18.2 Å². The van der Waals surface area contributed by atoms with Crippen LogP contribution in [0.2, 0.25) is 0 Å². The Morgan fingerprint density at radius 3 is 1.97 bits per heavy atom. The van der Waals surface area contributed by atoms with Gasteiger partial charge in [-0.2, -0.15) is 0 Å². The number of ether oxygens (including phenoxy) is 3. The molecule has 0 saturated carbocycles. The van der Waals surface area contributed by atoms with E-state index in [2.05, 4.69) is 22.8 Å². The summed E-state index contributed by atoms with van der Waals surface area (Å²) in [6.45, 7) is 5.08. The van der Waals surface area contributed by atoms with Crippen LogP contribution in [-0.4, -0.2) is 43.0 Å². The maximum Gasteiger partial charge on any atom is 0.408 e. The molecule has 4 rings (SSSR count). The molecular weight excluding hydrogens is 484 g/mol. The van der Waals surface area contributed by atoms with Crippen molar-refractivity contribution in [3.8, 4) is 11.1 Å². The molecule has 0 aromatic heterocycles. The summed E-state index contributed by atoms with van der Waals surface area (Å²) in [4.78, 5) is 37.7. The predicted octanol–water partition coefficient (Wildman–Crippen LogP) is 5.16. The van der Waals surface area contributed by atoms with Crippen LogP contribution in [0.1, 0.15) is 43.4 Å². The second kappa shape index (κ2) is 11.8. The zero-order valence-electron chi connectivity index (χ0n) is 21.7. The predicted molar refractivity (Wildman–Crippen MR) is 142 cm³/mol. The normalized spacial score (nSPS) is 13.0. The van der Waals surface area contributed by atoms with Gasteiger partial charge in [0.1, 0.15) is 24.9 Å². The van der Waals surface area contributed by atoms with Crippen molar-refractivity contribution in [2.24, 2.45) is 0 Å². The molecule has 0 spiro atoms. The van der Waals surface area contributed by atoms with E-state index in [0.29, 0.717) is 0 Å². The van der Waals surface area contributed by atoms with Crippen molar-refractivity contribution in [3.05, 3.63) is 95.6 Å². The average Bonchev–Trinajstić information content (AvgIpc) is 3.22. The molecule has 8 heteroatoms.